The average molecular weight is 481 g/mol. The van der Waals surface area contributed by atoms with Gasteiger partial charge in [0.15, 0.2) is 0 Å². The highest BCUT2D eigenvalue weighted by atomic mass is 32.2. The third-order valence-corrected chi connectivity index (χ3v) is 6.75. The first-order valence-electron chi connectivity index (χ1n) is 11.5. The first-order valence-corrected chi connectivity index (χ1v) is 12.4. The maximum Gasteiger partial charge on any atom is 0.325 e. The first kappa shape index (κ1) is 23.8. The van der Waals surface area contributed by atoms with Crippen molar-refractivity contribution in [3.8, 4) is 17.0 Å². The Kier molecular flexibility index (Phi) is 6.92. The molecule has 1 aliphatic rings. The van der Waals surface area contributed by atoms with E-state index in [4.69, 9.17) is 9.84 Å². The van der Waals surface area contributed by atoms with E-state index < -0.39 is 6.17 Å². The van der Waals surface area contributed by atoms with E-state index in [1.807, 2.05) is 49.4 Å². The number of aromatic amines is 1. The van der Waals surface area contributed by atoms with Crippen molar-refractivity contribution in [1.29, 1.82) is 0 Å². The summed E-state index contributed by atoms with van der Waals surface area (Å²) in [5.74, 6) is 1.23. The summed E-state index contributed by atoms with van der Waals surface area (Å²) in [6, 6.07) is 13.4. The fourth-order valence-electron chi connectivity index (χ4n) is 4.49. The fraction of sp³-hybridized carbons (Fsp3) is 0.360. The standard InChI is InChI=1S/C25H29N5O3S/c1-6-28(7-2)17-13-14-19(21(15-17)33-5)24-29(16(4)31)20-12-10-9-11-18(20)22-23(32)26-25(34-8-3)27-30(22)24/h9-15,24H,6-8H2,1-5H3/p+1/t24-/m1/s1. The van der Waals surface area contributed by atoms with Crippen LogP contribution in [0.5, 0.6) is 5.75 Å². The van der Waals surface area contributed by atoms with Gasteiger partial charge >= 0.3 is 11.3 Å². The molecule has 0 aliphatic carbocycles. The van der Waals surface area contributed by atoms with Gasteiger partial charge < -0.3 is 9.64 Å². The molecule has 2 heterocycles. The van der Waals surface area contributed by atoms with Crippen LogP contribution in [0.4, 0.5) is 11.4 Å². The van der Waals surface area contributed by atoms with Crippen LogP contribution in [-0.4, -0.2) is 41.9 Å². The molecule has 0 fully saturated rings. The number of rotatable bonds is 7. The first-order chi connectivity index (χ1) is 16.4. The second-order valence-electron chi connectivity index (χ2n) is 7.86. The number of benzene rings is 2. The Hall–Kier alpha value is -3.33. The van der Waals surface area contributed by atoms with Crippen LogP contribution in [0.25, 0.3) is 11.3 Å². The lowest BCUT2D eigenvalue weighted by atomic mass is 10.0. The van der Waals surface area contributed by atoms with Gasteiger partial charge in [0, 0.05) is 36.9 Å². The highest BCUT2D eigenvalue weighted by Crippen LogP contribution is 2.40. The molecule has 1 aromatic heterocycles. The van der Waals surface area contributed by atoms with Gasteiger partial charge in [-0.2, -0.15) is 0 Å². The predicted molar refractivity (Wildman–Crippen MR) is 135 cm³/mol. The molecule has 8 nitrogen and oxygen atoms in total. The topological polar surface area (TPSA) is 82.4 Å². The van der Waals surface area contributed by atoms with Crippen LogP contribution in [0.1, 0.15) is 39.4 Å². The minimum absolute atomic E-state index is 0.155. The summed E-state index contributed by atoms with van der Waals surface area (Å²) in [6.45, 7) is 9.46. The van der Waals surface area contributed by atoms with Gasteiger partial charge in [0.2, 0.25) is 11.1 Å². The van der Waals surface area contributed by atoms with Crippen LogP contribution < -0.4 is 24.8 Å². The Morgan fingerprint density at radius 1 is 1.21 bits per heavy atom. The lowest BCUT2D eigenvalue weighted by molar-refractivity contribution is -0.763. The summed E-state index contributed by atoms with van der Waals surface area (Å²) in [7, 11) is 1.62. The zero-order valence-electron chi connectivity index (χ0n) is 20.2. The van der Waals surface area contributed by atoms with E-state index in [9.17, 15) is 9.59 Å². The van der Waals surface area contributed by atoms with Crippen molar-refractivity contribution in [2.24, 2.45) is 0 Å². The molecule has 0 unspecified atom stereocenters. The summed E-state index contributed by atoms with van der Waals surface area (Å²) in [4.78, 5) is 33.2. The maximum absolute atomic E-state index is 13.3. The van der Waals surface area contributed by atoms with Crippen molar-refractivity contribution in [1.82, 2.24) is 10.1 Å². The summed E-state index contributed by atoms with van der Waals surface area (Å²) in [5.41, 5.74) is 3.27. The number of ether oxygens (including phenoxy) is 1. The number of aromatic nitrogens is 3. The van der Waals surface area contributed by atoms with Crippen molar-refractivity contribution >= 4 is 29.0 Å². The smallest absolute Gasteiger partial charge is 0.325 e. The van der Waals surface area contributed by atoms with Gasteiger partial charge in [-0.05, 0) is 48.5 Å². The third kappa shape index (κ3) is 4.04. The lowest BCUT2D eigenvalue weighted by Crippen LogP contribution is -2.60. The van der Waals surface area contributed by atoms with Gasteiger partial charge in [0.25, 0.3) is 6.17 Å². The molecule has 1 aliphatic heterocycles. The van der Waals surface area contributed by atoms with Crippen molar-refractivity contribution < 1.29 is 14.2 Å². The van der Waals surface area contributed by atoms with E-state index in [1.54, 1.807) is 16.7 Å². The minimum atomic E-state index is -0.679. The monoisotopic (exact) mass is 480 g/mol. The molecule has 0 spiro atoms. The number of hydrogen-bond donors (Lipinski definition) is 1. The van der Waals surface area contributed by atoms with E-state index in [2.05, 4.69) is 23.7 Å². The van der Waals surface area contributed by atoms with Crippen molar-refractivity contribution in [3.05, 3.63) is 58.4 Å². The molecule has 0 saturated heterocycles. The fourth-order valence-corrected chi connectivity index (χ4v) is 5.08. The van der Waals surface area contributed by atoms with E-state index in [0.29, 0.717) is 27.9 Å². The highest BCUT2D eigenvalue weighted by Gasteiger charge is 2.46. The molecule has 0 radical (unpaired) electrons. The van der Waals surface area contributed by atoms with Gasteiger partial charge in [-0.15, -0.1) is 0 Å². The number of fused-ring (bicyclic) bond motifs is 3. The molecule has 178 valence electrons. The largest absolute Gasteiger partial charge is 0.496 e. The van der Waals surface area contributed by atoms with Gasteiger partial charge in [0.1, 0.15) is 5.75 Å². The number of thioether (sulfide) groups is 1. The Labute approximate surface area is 203 Å². The average Bonchev–Trinajstić information content (AvgIpc) is 2.83. The molecule has 34 heavy (non-hydrogen) atoms. The summed E-state index contributed by atoms with van der Waals surface area (Å²) >= 11 is 1.44. The van der Waals surface area contributed by atoms with Crippen LogP contribution in [0.2, 0.25) is 0 Å². The Balaban J connectivity index is 2.02. The van der Waals surface area contributed by atoms with Crippen molar-refractivity contribution in [2.45, 2.75) is 39.0 Å². The van der Waals surface area contributed by atoms with Gasteiger partial charge in [-0.3, -0.25) is 14.6 Å². The van der Waals surface area contributed by atoms with E-state index in [0.717, 1.165) is 30.1 Å². The van der Waals surface area contributed by atoms with Crippen molar-refractivity contribution in [2.75, 3.05) is 35.8 Å². The summed E-state index contributed by atoms with van der Waals surface area (Å²) in [6.07, 6.45) is -0.679. The molecular weight excluding hydrogens is 450 g/mol. The van der Waals surface area contributed by atoms with Crippen molar-refractivity contribution in [3.63, 3.8) is 0 Å². The third-order valence-electron chi connectivity index (χ3n) is 6.00. The molecule has 1 N–H and O–H groups in total. The SMILES string of the molecule is CCSc1n[n+]2c(c(=O)[nH]1)-c1ccccc1N(C(C)=O)[C@H]2c1ccc(N(CC)CC)cc1OC. The Bertz CT molecular complexity index is 1270. The zero-order chi connectivity index (χ0) is 24.4. The maximum atomic E-state index is 13.3. The minimum Gasteiger partial charge on any atom is -0.496 e. The van der Waals surface area contributed by atoms with Gasteiger partial charge in [0.05, 0.1) is 23.9 Å². The Morgan fingerprint density at radius 3 is 2.59 bits per heavy atom. The summed E-state index contributed by atoms with van der Waals surface area (Å²) < 4.78 is 7.48. The van der Waals surface area contributed by atoms with Gasteiger partial charge in [-0.25, -0.2) is 4.90 Å². The zero-order valence-corrected chi connectivity index (χ0v) is 21.0. The number of hydrogen-bond acceptors (Lipinski definition) is 6. The number of H-pyrrole nitrogens is 1. The molecule has 4 rings (SSSR count). The molecule has 9 heteroatoms. The molecule has 1 atom stereocenters. The number of carbonyl (C=O) groups excluding carboxylic acids is 1. The van der Waals surface area contributed by atoms with E-state index >= 15 is 0 Å². The molecule has 0 saturated carbocycles. The number of amides is 1. The van der Waals surface area contributed by atoms with Gasteiger partial charge in [-0.1, -0.05) is 30.8 Å². The highest BCUT2D eigenvalue weighted by molar-refractivity contribution is 7.99. The number of carbonyl (C=O) groups is 1. The van der Waals surface area contributed by atoms with Crippen LogP contribution in [0, 0.1) is 0 Å². The van der Waals surface area contributed by atoms with E-state index in [-0.39, 0.29) is 11.5 Å². The number of anilines is 2. The normalized spacial score (nSPS) is 14.4. The molecule has 3 aromatic rings. The molecular formula is C25H30N5O3S+. The number of nitrogens with zero attached hydrogens (tertiary/aromatic N) is 4. The number of para-hydroxylation sites is 1. The second-order valence-corrected chi connectivity index (χ2v) is 9.12. The van der Waals surface area contributed by atoms with Crippen LogP contribution in [0.15, 0.2) is 52.4 Å². The van der Waals surface area contributed by atoms with Crippen LogP contribution in [0.3, 0.4) is 0 Å². The van der Waals surface area contributed by atoms with Crippen LogP contribution >= 0.6 is 11.8 Å². The molecule has 1 amide bonds. The lowest BCUT2D eigenvalue weighted by Gasteiger charge is -2.32. The molecule has 2 aromatic carbocycles. The van der Waals surface area contributed by atoms with Crippen LogP contribution in [-0.2, 0) is 4.79 Å². The number of nitrogens with one attached hydrogen (secondary N) is 1. The quantitative estimate of drug-likeness (QED) is 0.411. The van der Waals surface area contributed by atoms with E-state index in [1.165, 1.54) is 18.7 Å². The summed E-state index contributed by atoms with van der Waals surface area (Å²) in [5, 5.41) is 5.29. The second kappa shape index (κ2) is 9.89. The molecule has 0 bridgehead atoms. The Morgan fingerprint density at radius 2 is 1.94 bits per heavy atom. The number of methoxy groups -OCH3 is 1. The predicted octanol–water partition coefficient (Wildman–Crippen LogP) is 3.60.